The van der Waals surface area contributed by atoms with Crippen molar-refractivity contribution in [1.82, 2.24) is 9.88 Å². The van der Waals surface area contributed by atoms with Gasteiger partial charge in [-0.25, -0.2) is 4.98 Å². The Kier molecular flexibility index (Phi) is 4.97. The van der Waals surface area contributed by atoms with Gasteiger partial charge in [0.25, 0.3) is 0 Å². The van der Waals surface area contributed by atoms with E-state index in [-0.39, 0.29) is 6.04 Å². The van der Waals surface area contributed by atoms with E-state index in [1.165, 1.54) is 0 Å². The first kappa shape index (κ1) is 14.1. The highest BCUT2D eigenvalue weighted by Gasteiger charge is 2.14. The largest absolute Gasteiger partial charge is 0.379 e. The first-order valence-corrected chi connectivity index (χ1v) is 6.69. The number of hydrogen-bond acceptors (Lipinski definition) is 5. The first-order valence-electron chi connectivity index (χ1n) is 6.31. The van der Waals surface area contributed by atoms with Crippen LogP contribution in [-0.4, -0.2) is 48.8 Å². The number of rotatable bonds is 4. The van der Waals surface area contributed by atoms with E-state index in [2.05, 4.69) is 28.2 Å². The highest BCUT2D eigenvalue weighted by Crippen LogP contribution is 2.15. The number of hydrogen-bond donors (Lipinski definition) is 1. The summed E-state index contributed by atoms with van der Waals surface area (Å²) in [6.45, 7) is 6.50. The number of nitriles is 1. The molecule has 0 aromatic carbocycles. The number of nitrogens with zero attached hydrogens (tertiary/aromatic N) is 3. The Bertz CT molecular complexity index is 468. The summed E-state index contributed by atoms with van der Waals surface area (Å²) in [6.07, 6.45) is 0. The van der Waals surface area contributed by atoms with Crippen LogP contribution >= 0.6 is 11.6 Å². The lowest BCUT2D eigenvalue weighted by molar-refractivity contribution is 0.0368. The molecule has 0 saturated carbocycles. The van der Waals surface area contributed by atoms with Gasteiger partial charge < -0.3 is 10.1 Å². The number of anilines is 1. The summed E-state index contributed by atoms with van der Waals surface area (Å²) in [7, 11) is 0. The van der Waals surface area contributed by atoms with E-state index in [4.69, 9.17) is 21.6 Å². The van der Waals surface area contributed by atoms with Crippen LogP contribution in [0.1, 0.15) is 12.5 Å². The molecule has 1 aliphatic rings. The molecule has 6 heteroatoms. The fraction of sp³-hybridized carbons (Fsp3) is 0.538. The van der Waals surface area contributed by atoms with Crippen molar-refractivity contribution in [3.63, 3.8) is 0 Å². The second-order valence-corrected chi connectivity index (χ2v) is 5.02. The van der Waals surface area contributed by atoms with Crippen LogP contribution in [0.2, 0.25) is 5.15 Å². The fourth-order valence-electron chi connectivity index (χ4n) is 2.10. The zero-order valence-electron chi connectivity index (χ0n) is 10.9. The highest BCUT2D eigenvalue weighted by molar-refractivity contribution is 6.29. The van der Waals surface area contributed by atoms with Crippen molar-refractivity contribution in [3.05, 3.63) is 22.8 Å². The summed E-state index contributed by atoms with van der Waals surface area (Å²) < 4.78 is 5.32. The molecule has 2 rings (SSSR count). The minimum Gasteiger partial charge on any atom is -0.379 e. The SMILES string of the molecule is CC(CN1CCOCC1)Nc1cc(C#N)cc(Cl)n1. The second kappa shape index (κ2) is 6.71. The van der Waals surface area contributed by atoms with Crippen LogP contribution in [0.15, 0.2) is 12.1 Å². The van der Waals surface area contributed by atoms with E-state index in [0.29, 0.717) is 16.5 Å². The molecule has 1 aromatic heterocycles. The molecule has 102 valence electrons. The number of pyridine rings is 1. The molecule has 0 bridgehead atoms. The molecule has 1 N–H and O–H groups in total. The number of morpholine rings is 1. The fourth-order valence-corrected chi connectivity index (χ4v) is 2.31. The molecule has 0 spiro atoms. The summed E-state index contributed by atoms with van der Waals surface area (Å²) in [6, 6.07) is 5.57. The molecular formula is C13H17ClN4O. The van der Waals surface area contributed by atoms with Crippen molar-refractivity contribution >= 4 is 17.4 Å². The van der Waals surface area contributed by atoms with Gasteiger partial charge in [-0.3, -0.25) is 4.90 Å². The molecular weight excluding hydrogens is 264 g/mol. The van der Waals surface area contributed by atoms with Gasteiger partial charge in [0.05, 0.1) is 24.8 Å². The van der Waals surface area contributed by atoms with E-state index < -0.39 is 0 Å². The molecule has 5 nitrogen and oxygen atoms in total. The van der Waals surface area contributed by atoms with Gasteiger partial charge in [-0.1, -0.05) is 11.6 Å². The van der Waals surface area contributed by atoms with Crippen molar-refractivity contribution in [1.29, 1.82) is 5.26 Å². The predicted octanol–water partition coefficient (Wildman–Crippen LogP) is 1.74. The lowest BCUT2D eigenvalue weighted by Crippen LogP contribution is -2.42. The molecule has 2 heterocycles. The van der Waals surface area contributed by atoms with Crippen molar-refractivity contribution < 1.29 is 4.74 Å². The smallest absolute Gasteiger partial charge is 0.132 e. The maximum absolute atomic E-state index is 8.90. The Morgan fingerprint density at radius 2 is 2.26 bits per heavy atom. The molecule has 19 heavy (non-hydrogen) atoms. The van der Waals surface area contributed by atoms with Crippen LogP contribution in [0.3, 0.4) is 0 Å². The average molecular weight is 281 g/mol. The summed E-state index contributed by atoms with van der Waals surface area (Å²) in [5.74, 6) is 0.643. The number of aromatic nitrogens is 1. The normalized spacial score (nSPS) is 17.7. The third-order valence-corrected chi connectivity index (χ3v) is 3.15. The van der Waals surface area contributed by atoms with Gasteiger partial charge in [0.1, 0.15) is 11.0 Å². The third-order valence-electron chi connectivity index (χ3n) is 2.95. The van der Waals surface area contributed by atoms with Gasteiger partial charge in [0, 0.05) is 25.7 Å². The Labute approximate surface area is 118 Å². The lowest BCUT2D eigenvalue weighted by atomic mass is 10.2. The minimum absolute atomic E-state index is 0.232. The third kappa shape index (κ3) is 4.35. The standard InChI is InChI=1S/C13H17ClN4O/c1-10(9-18-2-4-19-5-3-18)16-13-7-11(8-15)6-12(14)17-13/h6-7,10H,2-5,9H2,1H3,(H,16,17). The van der Waals surface area contributed by atoms with Crippen LogP contribution in [0.25, 0.3) is 0 Å². The van der Waals surface area contributed by atoms with E-state index in [9.17, 15) is 0 Å². The molecule has 1 saturated heterocycles. The maximum atomic E-state index is 8.90. The zero-order chi connectivity index (χ0) is 13.7. The second-order valence-electron chi connectivity index (χ2n) is 4.63. The van der Waals surface area contributed by atoms with Gasteiger partial charge in [-0.2, -0.15) is 5.26 Å². The molecule has 1 aliphatic heterocycles. The Balaban J connectivity index is 1.92. The van der Waals surface area contributed by atoms with E-state index in [1.54, 1.807) is 12.1 Å². The van der Waals surface area contributed by atoms with Crippen LogP contribution in [0.5, 0.6) is 0 Å². The van der Waals surface area contributed by atoms with Crippen molar-refractivity contribution in [2.75, 3.05) is 38.2 Å². The van der Waals surface area contributed by atoms with Crippen LogP contribution in [-0.2, 0) is 4.74 Å². The number of nitrogens with one attached hydrogen (secondary N) is 1. The van der Waals surface area contributed by atoms with Crippen LogP contribution in [0, 0.1) is 11.3 Å². The van der Waals surface area contributed by atoms with E-state index in [1.807, 2.05) is 0 Å². The first-order chi connectivity index (χ1) is 9.17. The molecule has 1 atom stereocenters. The lowest BCUT2D eigenvalue weighted by Gasteiger charge is -2.29. The molecule has 1 aromatic rings. The molecule has 1 unspecified atom stereocenters. The summed E-state index contributed by atoms with van der Waals surface area (Å²) in [4.78, 5) is 6.52. The summed E-state index contributed by atoms with van der Waals surface area (Å²) >= 11 is 5.87. The molecule has 0 amide bonds. The van der Waals surface area contributed by atoms with E-state index in [0.717, 1.165) is 32.8 Å². The van der Waals surface area contributed by atoms with Crippen LogP contribution < -0.4 is 5.32 Å². The molecule has 0 aliphatic carbocycles. The quantitative estimate of drug-likeness (QED) is 0.851. The summed E-state index contributed by atoms with van der Waals surface area (Å²) in [5, 5.41) is 12.5. The topological polar surface area (TPSA) is 61.2 Å². The number of ether oxygens (including phenoxy) is 1. The zero-order valence-corrected chi connectivity index (χ0v) is 11.7. The Morgan fingerprint density at radius 1 is 1.53 bits per heavy atom. The average Bonchev–Trinajstić information content (AvgIpc) is 2.38. The van der Waals surface area contributed by atoms with Crippen LogP contribution in [0.4, 0.5) is 5.82 Å². The van der Waals surface area contributed by atoms with Crippen molar-refractivity contribution in [2.24, 2.45) is 0 Å². The minimum atomic E-state index is 0.232. The van der Waals surface area contributed by atoms with E-state index >= 15 is 0 Å². The summed E-state index contributed by atoms with van der Waals surface area (Å²) in [5.41, 5.74) is 0.515. The molecule has 1 fully saturated rings. The molecule has 0 radical (unpaired) electrons. The predicted molar refractivity (Wildman–Crippen MR) is 74.3 cm³/mol. The number of halogens is 1. The van der Waals surface area contributed by atoms with Gasteiger partial charge >= 0.3 is 0 Å². The van der Waals surface area contributed by atoms with Crippen molar-refractivity contribution in [3.8, 4) is 6.07 Å². The maximum Gasteiger partial charge on any atom is 0.132 e. The Hall–Kier alpha value is -1.35. The van der Waals surface area contributed by atoms with Gasteiger partial charge in [0.15, 0.2) is 0 Å². The van der Waals surface area contributed by atoms with Gasteiger partial charge in [-0.05, 0) is 19.1 Å². The van der Waals surface area contributed by atoms with Crippen molar-refractivity contribution in [2.45, 2.75) is 13.0 Å². The van der Waals surface area contributed by atoms with Gasteiger partial charge in [0.2, 0.25) is 0 Å². The highest BCUT2D eigenvalue weighted by atomic mass is 35.5. The monoisotopic (exact) mass is 280 g/mol. The Morgan fingerprint density at radius 3 is 2.95 bits per heavy atom. The van der Waals surface area contributed by atoms with Gasteiger partial charge in [-0.15, -0.1) is 0 Å².